The first kappa shape index (κ1) is 15.7. The zero-order chi connectivity index (χ0) is 17.1. The Morgan fingerprint density at radius 3 is 2.52 bits per heavy atom. The minimum atomic E-state index is 0.750. The lowest BCUT2D eigenvalue weighted by molar-refractivity contribution is 0.284. The molecule has 0 N–H and O–H groups in total. The number of tetrazole rings is 1. The molecular weight excluding hydrogens is 310 g/mol. The number of rotatable bonds is 4. The minimum absolute atomic E-state index is 0.750. The van der Waals surface area contributed by atoms with E-state index < -0.39 is 0 Å². The fourth-order valence-electron chi connectivity index (χ4n) is 3.16. The lowest BCUT2D eigenvalue weighted by Crippen LogP contribution is -2.29. The quantitative estimate of drug-likeness (QED) is 0.736. The molecule has 0 amide bonds. The molecule has 5 heteroatoms. The van der Waals surface area contributed by atoms with E-state index in [-0.39, 0.29) is 0 Å². The second-order valence-electron chi connectivity index (χ2n) is 6.42. The summed E-state index contributed by atoms with van der Waals surface area (Å²) in [5, 5.41) is 12.2. The molecule has 5 nitrogen and oxygen atoms in total. The van der Waals surface area contributed by atoms with Crippen molar-refractivity contribution < 1.29 is 0 Å². The molecule has 0 unspecified atom stereocenters. The Hall–Kier alpha value is -2.79. The second kappa shape index (κ2) is 6.99. The summed E-state index contributed by atoms with van der Waals surface area (Å²) >= 11 is 0. The van der Waals surface area contributed by atoms with Gasteiger partial charge < -0.3 is 0 Å². The molecule has 25 heavy (non-hydrogen) atoms. The summed E-state index contributed by atoms with van der Waals surface area (Å²) < 4.78 is 1.82. The largest absolute Gasteiger partial charge is 0.292 e. The summed E-state index contributed by atoms with van der Waals surface area (Å²) in [6, 6.07) is 18.8. The fraction of sp³-hybridized carbons (Fsp3) is 0.250. The van der Waals surface area contributed by atoms with Gasteiger partial charge in [0.1, 0.15) is 0 Å². The van der Waals surface area contributed by atoms with Crippen molar-refractivity contribution in [3.05, 3.63) is 77.6 Å². The van der Waals surface area contributed by atoms with Crippen molar-refractivity contribution in [2.24, 2.45) is 0 Å². The Morgan fingerprint density at radius 1 is 1.00 bits per heavy atom. The maximum absolute atomic E-state index is 4.21. The molecule has 0 spiro atoms. The molecule has 0 radical (unpaired) electrons. The van der Waals surface area contributed by atoms with Crippen LogP contribution in [0.1, 0.15) is 23.4 Å². The fourth-order valence-corrected chi connectivity index (χ4v) is 3.16. The van der Waals surface area contributed by atoms with E-state index in [2.05, 4.69) is 57.7 Å². The van der Waals surface area contributed by atoms with Crippen LogP contribution >= 0.6 is 0 Å². The SMILES string of the molecule is Cc1ccc(C2=CCN(Cc3nnnn3-c3ccccc3)CC2)cc1. The van der Waals surface area contributed by atoms with Crippen LogP contribution in [0.5, 0.6) is 0 Å². The van der Waals surface area contributed by atoms with E-state index in [0.717, 1.165) is 37.6 Å². The van der Waals surface area contributed by atoms with Gasteiger partial charge in [0.25, 0.3) is 0 Å². The Balaban J connectivity index is 1.46. The van der Waals surface area contributed by atoms with Crippen LogP contribution in [0.25, 0.3) is 11.3 Å². The van der Waals surface area contributed by atoms with Gasteiger partial charge in [-0.1, -0.05) is 54.1 Å². The molecule has 1 aliphatic rings. The van der Waals surface area contributed by atoms with Gasteiger partial charge in [-0.2, -0.15) is 4.68 Å². The summed E-state index contributed by atoms with van der Waals surface area (Å²) in [6.07, 6.45) is 3.38. The predicted molar refractivity (Wildman–Crippen MR) is 98.2 cm³/mol. The summed E-state index contributed by atoms with van der Waals surface area (Å²) in [5.41, 5.74) is 5.06. The van der Waals surface area contributed by atoms with Gasteiger partial charge in [0.05, 0.1) is 12.2 Å². The van der Waals surface area contributed by atoms with Crippen molar-refractivity contribution in [1.82, 2.24) is 25.1 Å². The number of benzene rings is 2. The van der Waals surface area contributed by atoms with Gasteiger partial charge in [0.15, 0.2) is 5.82 Å². The van der Waals surface area contributed by atoms with Crippen molar-refractivity contribution in [3.8, 4) is 5.69 Å². The minimum Gasteiger partial charge on any atom is -0.292 e. The van der Waals surface area contributed by atoms with E-state index in [1.807, 2.05) is 35.0 Å². The Labute approximate surface area is 147 Å². The highest BCUT2D eigenvalue weighted by molar-refractivity contribution is 5.66. The van der Waals surface area contributed by atoms with E-state index >= 15 is 0 Å². The van der Waals surface area contributed by atoms with Crippen LogP contribution in [0.4, 0.5) is 0 Å². The first-order valence-electron chi connectivity index (χ1n) is 8.61. The Morgan fingerprint density at radius 2 is 1.80 bits per heavy atom. The maximum atomic E-state index is 4.21. The normalized spacial score (nSPS) is 15.2. The summed E-state index contributed by atoms with van der Waals surface area (Å²) in [7, 11) is 0. The van der Waals surface area contributed by atoms with Gasteiger partial charge in [-0.25, -0.2) is 0 Å². The van der Waals surface area contributed by atoms with Crippen LogP contribution in [0.15, 0.2) is 60.7 Å². The lowest BCUT2D eigenvalue weighted by Gasteiger charge is -2.26. The van der Waals surface area contributed by atoms with Crippen molar-refractivity contribution >= 4 is 5.57 Å². The third kappa shape index (κ3) is 3.51. The highest BCUT2D eigenvalue weighted by Crippen LogP contribution is 2.23. The third-order valence-electron chi connectivity index (χ3n) is 4.62. The van der Waals surface area contributed by atoms with Gasteiger partial charge in [-0.05, 0) is 47.0 Å². The van der Waals surface area contributed by atoms with E-state index in [4.69, 9.17) is 0 Å². The highest BCUT2D eigenvalue weighted by atomic mass is 15.5. The van der Waals surface area contributed by atoms with E-state index in [0.29, 0.717) is 0 Å². The van der Waals surface area contributed by atoms with Gasteiger partial charge in [-0.3, -0.25) is 4.90 Å². The topological polar surface area (TPSA) is 46.8 Å². The van der Waals surface area contributed by atoms with Crippen LogP contribution in [-0.2, 0) is 6.54 Å². The van der Waals surface area contributed by atoms with E-state index in [1.165, 1.54) is 16.7 Å². The summed E-state index contributed by atoms with van der Waals surface area (Å²) in [4.78, 5) is 2.38. The van der Waals surface area contributed by atoms with E-state index in [9.17, 15) is 0 Å². The molecule has 0 fully saturated rings. The van der Waals surface area contributed by atoms with Crippen LogP contribution < -0.4 is 0 Å². The molecule has 2 aromatic carbocycles. The molecule has 0 saturated heterocycles. The van der Waals surface area contributed by atoms with Crippen LogP contribution in [-0.4, -0.2) is 38.2 Å². The molecule has 0 bridgehead atoms. The van der Waals surface area contributed by atoms with Crippen molar-refractivity contribution in [2.45, 2.75) is 19.9 Å². The standard InChI is InChI=1S/C20H21N5/c1-16-7-9-17(10-8-16)18-11-13-24(14-12-18)15-20-21-22-23-25(20)19-5-3-2-4-6-19/h2-11H,12-15H2,1H3. The van der Waals surface area contributed by atoms with Gasteiger partial charge >= 0.3 is 0 Å². The van der Waals surface area contributed by atoms with Gasteiger partial charge in [-0.15, -0.1) is 5.10 Å². The molecule has 3 aromatic rings. The molecule has 2 heterocycles. The van der Waals surface area contributed by atoms with Crippen molar-refractivity contribution in [1.29, 1.82) is 0 Å². The summed E-state index contributed by atoms with van der Waals surface area (Å²) in [5.74, 6) is 0.874. The number of para-hydroxylation sites is 1. The maximum Gasteiger partial charge on any atom is 0.170 e. The average Bonchev–Trinajstić information content (AvgIpc) is 3.12. The molecule has 1 aromatic heterocycles. The zero-order valence-electron chi connectivity index (χ0n) is 14.3. The predicted octanol–water partition coefficient (Wildman–Crippen LogP) is 3.26. The number of hydrogen-bond donors (Lipinski definition) is 0. The van der Waals surface area contributed by atoms with Crippen molar-refractivity contribution in [3.63, 3.8) is 0 Å². The van der Waals surface area contributed by atoms with Crippen LogP contribution in [0.3, 0.4) is 0 Å². The molecule has 0 atom stereocenters. The lowest BCUT2D eigenvalue weighted by atomic mass is 9.98. The van der Waals surface area contributed by atoms with E-state index in [1.54, 1.807) is 0 Å². The van der Waals surface area contributed by atoms with Crippen LogP contribution in [0, 0.1) is 6.92 Å². The monoisotopic (exact) mass is 331 g/mol. The molecule has 126 valence electrons. The Bertz CT molecular complexity index is 865. The molecule has 0 aliphatic carbocycles. The highest BCUT2D eigenvalue weighted by Gasteiger charge is 2.17. The number of aryl methyl sites for hydroxylation is 1. The molecule has 0 saturated carbocycles. The number of hydrogen-bond acceptors (Lipinski definition) is 4. The first-order valence-corrected chi connectivity index (χ1v) is 8.61. The molecule has 4 rings (SSSR count). The average molecular weight is 331 g/mol. The van der Waals surface area contributed by atoms with Gasteiger partial charge in [0.2, 0.25) is 0 Å². The number of nitrogens with zero attached hydrogens (tertiary/aromatic N) is 5. The smallest absolute Gasteiger partial charge is 0.170 e. The van der Waals surface area contributed by atoms with Gasteiger partial charge in [0, 0.05) is 13.1 Å². The van der Waals surface area contributed by atoms with Crippen LogP contribution in [0.2, 0.25) is 0 Å². The Kier molecular flexibility index (Phi) is 4.39. The third-order valence-corrected chi connectivity index (χ3v) is 4.62. The molecule has 1 aliphatic heterocycles. The second-order valence-corrected chi connectivity index (χ2v) is 6.42. The number of aromatic nitrogens is 4. The zero-order valence-corrected chi connectivity index (χ0v) is 14.3. The van der Waals surface area contributed by atoms with Crippen molar-refractivity contribution in [2.75, 3.05) is 13.1 Å². The summed E-state index contributed by atoms with van der Waals surface area (Å²) in [6.45, 7) is 4.81. The first-order chi connectivity index (χ1) is 12.3. The molecular formula is C20H21N5.